The molecule has 3 nitrogen and oxygen atoms in total. The molecule has 0 aliphatic carbocycles. The number of rotatable bonds is 0. The van der Waals surface area contributed by atoms with Gasteiger partial charge in [-0.3, -0.25) is 0 Å². The van der Waals surface area contributed by atoms with Crippen LogP contribution in [0.2, 0.25) is 0 Å². The Labute approximate surface area is 106 Å². The van der Waals surface area contributed by atoms with Crippen LogP contribution in [0.1, 0.15) is 5.56 Å². The zero-order chi connectivity index (χ0) is 12.1. The van der Waals surface area contributed by atoms with Crippen LogP contribution in [-0.2, 0) is 6.54 Å². The molecule has 1 aliphatic heterocycles. The Morgan fingerprint density at radius 2 is 1.71 bits per heavy atom. The van der Waals surface area contributed by atoms with Gasteiger partial charge >= 0.3 is 0 Å². The summed E-state index contributed by atoms with van der Waals surface area (Å²) >= 11 is 4.07. The predicted molar refractivity (Wildman–Crippen MR) is 72.8 cm³/mol. The highest BCUT2D eigenvalue weighted by molar-refractivity contribution is 7.80. The van der Waals surface area contributed by atoms with Gasteiger partial charge in [0.2, 0.25) is 0 Å². The van der Waals surface area contributed by atoms with Crippen LogP contribution in [0.4, 0.5) is 11.4 Å². The van der Waals surface area contributed by atoms with Crippen molar-refractivity contribution in [2.75, 3.05) is 5.73 Å². The second-order valence-electron chi connectivity index (χ2n) is 3.59. The summed E-state index contributed by atoms with van der Waals surface area (Å²) < 4.78 is 0. The van der Waals surface area contributed by atoms with E-state index in [4.69, 9.17) is 5.73 Å². The van der Waals surface area contributed by atoms with E-state index in [-0.39, 0.29) is 0 Å². The van der Waals surface area contributed by atoms with Crippen molar-refractivity contribution in [1.82, 2.24) is 0 Å². The Morgan fingerprint density at radius 3 is 2.35 bits per heavy atom. The Kier molecular flexibility index (Phi) is 3.77. The van der Waals surface area contributed by atoms with Crippen molar-refractivity contribution in [2.24, 2.45) is 10.2 Å². The molecule has 0 unspecified atom stereocenters. The molecule has 17 heavy (non-hydrogen) atoms. The number of thiol groups is 1. The minimum absolute atomic E-state index is 0.732. The fraction of sp³-hybridized carbons (Fsp3) is 0.0769. The summed E-state index contributed by atoms with van der Waals surface area (Å²) in [6, 6.07) is 15.5. The molecule has 0 radical (unpaired) electrons. The lowest BCUT2D eigenvalue weighted by Gasteiger charge is -1.92. The van der Waals surface area contributed by atoms with Gasteiger partial charge in [0, 0.05) is 16.1 Å². The van der Waals surface area contributed by atoms with E-state index in [0.29, 0.717) is 0 Å². The zero-order valence-electron chi connectivity index (χ0n) is 9.24. The third-order valence-corrected chi connectivity index (χ3v) is 2.76. The van der Waals surface area contributed by atoms with E-state index in [9.17, 15) is 0 Å². The Hall–Kier alpha value is -1.81. The Bertz CT molecular complexity index is 517. The van der Waals surface area contributed by atoms with Gasteiger partial charge in [-0.05, 0) is 18.2 Å². The number of benzene rings is 2. The molecular formula is C13H13N3S. The van der Waals surface area contributed by atoms with E-state index in [1.807, 2.05) is 42.5 Å². The number of hydrogen-bond acceptors (Lipinski definition) is 4. The number of nitrogens with two attached hydrogens (primary N) is 1. The van der Waals surface area contributed by atoms with Crippen LogP contribution in [0.3, 0.4) is 0 Å². The molecule has 86 valence electrons. The van der Waals surface area contributed by atoms with Gasteiger partial charge in [-0.1, -0.05) is 30.3 Å². The topological polar surface area (TPSA) is 50.7 Å². The average Bonchev–Trinajstić information content (AvgIpc) is 2.82. The molecule has 0 spiro atoms. The molecule has 0 atom stereocenters. The minimum Gasteiger partial charge on any atom is -0.398 e. The van der Waals surface area contributed by atoms with Crippen LogP contribution in [0, 0.1) is 0 Å². The van der Waals surface area contributed by atoms with Gasteiger partial charge in [0.25, 0.3) is 0 Å². The van der Waals surface area contributed by atoms with Crippen LogP contribution in [0.5, 0.6) is 0 Å². The van der Waals surface area contributed by atoms with Gasteiger partial charge < -0.3 is 5.73 Å². The SMILES string of the molecule is Nc1ccccc1S.c1ccc2c(c1)CN=N2. The van der Waals surface area contributed by atoms with Crippen molar-refractivity contribution in [1.29, 1.82) is 0 Å². The van der Waals surface area contributed by atoms with Gasteiger partial charge in [-0.2, -0.15) is 10.2 Å². The fourth-order valence-corrected chi connectivity index (χ4v) is 1.58. The van der Waals surface area contributed by atoms with Gasteiger partial charge in [-0.25, -0.2) is 0 Å². The van der Waals surface area contributed by atoms with Gasteiger partial charge in [0.05, 0.1) is 12.2 Å². The minimum atomic E-state index is 0.732. The molecule has 0 saturated heterocycles. The first kappa shape index (κ1) is 11.7. The highest BCUT2D eigenvalue weighted by atomic mass is 32.1. The molecule has 2 N–H and O–H groups in total. The van der Waals surface area contributed by atoms with E-state index in [0.717, 1.165) is 22.8 Å². The summed E-state index contributed by atoms with van der Waals surface area (Å²) in [4.78, 5) is 0.840. The molecule has 0 amide bonds. The normalized spacial score (nSPS) is 11.6. The van der Waals surface area contributed by atoms with Crippen LogP contribution in [0.15, 0.2) is 63.7 Å². The summed E-state index contributed by atoms with van der Waals surface area (Å²) in [5.41, 5.74) is 8.43. The number of nitrogens with zero attached hydrogens (tertiary/aromatic N) is 2. The zero-order valence-corrected chi connectivity index (χ0v) is 10.1. The fourth-order valence-electron chi connectivity index (χ4n) is 1.42. The Balaban J connectivity index is 0.000000128. The van der Waals surface area contributed by atoms with Crippen molar-refractivity contribution < 1.29 is 0 Å². The monoisotopic (exact) mass is 243 g/mol. The molecule has 0 bridgehead atoms. The Morgan fingerprint density at radius 1 is 1.00 bits per heavy atom. The largest absolute Gasteiger partial charge is 0.398 e. The van der Waals surface area contributed by atoms with Crippen LogP contribution in [-0.4, -0.2) is 0 Å². The lowest BCUT2D eigenvalue weighted by atomic mass is 10.2. The summed E-state index contributed by atoms with van der Waals surface area (Å²) in [5.74, 6) is 0. The number of azo groups is 1. The third-order valence-electron chi connectivity index (χ3n) is 2.35. The highest BCUT2D eigenvalue weighted by Crippen LogP contribution is 2.25. The standard InChI is InChI=1S/C7H6N2.C6H7NS/c1-2-4-7-6(3-1)5-8-9-7;7-5-3-1-2-4-6(5)8/h1-4H,5H2;1-4,8H,7H2. The molecule has 3 rings (SSSR count). The molecule has 1 heterocycles. The van der Waals surface area contributed by atoms with Crippen molar-refractivity contribution in [3.63, 3.8) is 0 Å². The van der Waals surface area contributed by atoms with Crippen LogP contribution in [0.25, 0.3) is 0 Å². The molecule has 4 heteroatoms. The second-order valence-corrected chi connectivity index (χ2v) is 4.07. The number of hydrogen-bond donors (Lipinski definition) is 2. The highest BCUT2D eigenvalue weighted by Gasteiger charge is 2.03. The summed E-state index contributed by atoms with van der Waals surface area (Å²) in [6.07, 6.45) is 0. The number of fused-ring (bicyclic) bond motifs is 1. The van der Waals surface area contributed by atoms with Crippen molar-refractivity contribution in [3.05, 3.63) is 54.1 Å². The summed E-state index contributed by atoms with van der Waals surface area (Å²) in [7, 11) is 0. The number of para-hydroxylation sites is 1. The lowest BCUT2D eigenvalue weighted by molar-refractivity contribution is 1.04. The quantitative estimate of drug-likeness (QED) is 0.536. The summed E-state index contributed by atoms with van der Waals surface area (Å²) in [5, 5.41) is 7.80. The number of anilines is 1. The molecule has 2 aromatic rings. The smallest absolute Gasteiger partial charge is 0.0904 e. The lowest BCUT2D eigenvalue weighted by Crippen LogP contribution is -1.83. The van der Waals surface area contributed by atoms with Crippen LogP contribution >= 0.6 is 12.6 Å². The van der Waals surface area contributed by atoms with Crippen molar-refractivity contribution >= 4 is 24.0 Å². The first-order valence-electron chi connectivity index (χ1n) is 5.26. The van der Waals surface area contributed by atoms with Crippen molar-refractivity contribution in [2.45, 2.75) is 11.4 Å². The molecule has 2 aromatic carbocycles. The first-order valence-corrected chi connectivity index (χ1v) is 5.71. The maximum atomic E-state index is 5.44. The van der Waals surface area contributed by atoms with E-state index < -0.39 is 0 Å². The van der Waals surface area contributed by atoms with E-state index >= 15 is 0 Å². The summed E-state index contributed by atoms with van der Waals surface area (Å²) in [6.45, 7) is 0.760. The molecule has 0 aromatic heterocycles. The van der Waals surface area contributed by atoms with Gasteiger partial charge in [-0.15, -0.1) is 12.6 Å². The van der Waals surface area contributed by atoms with E-state index in [1.165, 1.54) is 5.56 Å². The van der Waals surface area contributed by atoms with Crippen LogP contribution < -0.4 is 5.73 Å². The molecular weight excluding hydrogens is 230 g/mol. The van der Waals surface area contributed by atoms with Gasteiger partial charge in [0.15, 0.2) is 0 Å². The molecule has 0 saturated carbocycles. The molecule has 1 aliphatic rings. The van der Waals surface area contributed by atoms with Crippen molar-refractivity contribution in [3.8, 4) is 0 Å². The van der Waals surface area contributed by atoms with Gasteiger partial charge in [0.1, 0.15) is 0 Å². The predicted octanol–water partition coefficient (Wildman–Crippen LogP) is 3.84. The first-order chi connectivity index (χ1) is 8.27. The third kappa shape index (κ3) is 3.07. The molecule has 0 fully saturated rings. The average molecular weight is 243 g/mol. The second kappa shape index (κ2) is 5.50. The number of nitrogen functional groups attached to an aromatic ring is 1. The maximum absolute atomic E-state index is 5.44. The van der Waals surface area contributed by atoms with E-state index in [2.05, 4.69) is 28.9 Å². The maximum Gasteiger partial charge on any atom is 0.0904 e. The van der Waals surface area contributed by atoms with E-state index in [1.54, 1.807) is 0 Å².